The van der Waals surface area contributed by atoms with Crippen LogP contribution in [0.25, 0.3) is 0 Å². The smallest absolute Gasteiger partial charge is 0.393 e. The highest BCUT2D eigenvalue weighted by Gasteiger charge is 2.62. The molecule has 0 saturated carbocycles. The van der Waals surface area contributed by atoms with Gasteiger partial charge in [-0.25, -0.2) is 24.7 Å². The Morgan fingerprint density at radius 3 is 2.27 bits per heavy atom. The molecule has 0 aromatic carbocycles. The molecule has 1 saturated heterocycles. The Kier molecular flexibility index (Phi) is 14.0. The lowest BCUT2D eigenvalue weighted by Gasteiger charge is -2.28. The number of nitrogens with zero attached hydrogens (tertiary/aromatic N) is 3. The molecule has 6 atom stereocenters. The van der Waals surface area contributed by atoms with E-state index in [1.165, 1.54) is 11.8 Å². The number of ether oxygens (including phenoxy) is 1. The van der Waals surface area contributed by atoms with Gasteiger partial charge in [-0.1, -0.05) is 35.0 Å². The Hall–Kier alpha value is -0.160. The van der Waals surface area contributed by atoms with E-state index in [9.17, 15) is 46.9 Å². The number of phosphoric ester groups is 1. The SMILES string of the molecule is CSCCNc1nc(SCCC(F)(F)F)nc(N(N)C2OC(COP(=O)(O)OP(=O)(O)C(Cl)(Cl)P(=O)(O)O)C(O)C2O)c1N. The van der Waals surface area contributed by atoms with Crippen LogP contribution in [0.4, 0.5) is 30.5 Å². The van der Waals surface area contributed by atoms with Crippen molar-refractivity contribution >= 4 is 87.1 Å². The molecule has 256 valence electrons. The monoisotopic (exact) mass is 780 g/mol. The molecule has 18 nitrogen and oxygen atoms in total. The Balaban J connectivity index is 2.24. The predicted molar refractivity (Wildman–Crippen MR) is 155 cm³/mol. The molecule has 0 bridgehead atoms. The van der Waals surface area contributed by atoms with E-state index in [0.29, 0.717) is 29.1 Å². The number of nitrogens with one attached hydrogen (secondary N) is 1. The van der Waals surface area contributed by atoms with Gasteiger partial charge < -0.3 is 45.6 Å². The molecule has 1 aliphatic heterocycles. The summed E-state index contributed by atoms with van der Waals surface area (Å²) in [6, 6.07) is 0. The third-order valence-electron chi connectivity index (χ3n) is 5.28. The van der Waals surface area contributed by atoms with Gasteiger partial charge in [0.1, 0.15) is 24.0 Å². The maximum atomic E-state index is 12.6. The fourth-order valence-corrected chi connectivity index (χ4v) is 8.49. The number of aliphatic hydroxyl groups is 2. The molecule has 1 fully saturated rings. The minimum Gasteiger partial charge on any atom is -0.393 e. The summed E-state index contributed by atoms with van der Waals surface area (Å²) >= 11 is 12.5. The lowest BCUT2D eigenvalue weighted by atomic mass is 10.1. The highest BCUT2D eigenvalue weighted by atomic mass is 35.5. The van der Waals surface area contributed by atoms with Crippen molar-refractivity contribution in [3.8, 4) is 0 Å². The number of aliphatic hydroxyl groups excluding tert-OH is 2. The Labute approximate surface area is 265 Å². The lowest BCUT2D eigenvalue weighted by Crippen LogP contribution is -2.49. The van der Waals surface area contributed by atoms with Crippen molar-refractivity contribution in [1.29, 1.82) is 0 Å². The number of halogens is 5. The van der Waals surface area contributed by atoms with Crippen LogP contribution in [0, 0.1) is 0 Å². The number of rotatable bonds is 16. The van der Waals surface area contributed by atoms with Crippen LogP contribution in [-0.4, -0.2) is 105 Å². The van der Waals surface area contributed by atoms with Gasteiger partial charge >= 0.3 is 33.0 Å². The average Bonchev–Trinajstić information content (AvgIpc) is 3.15. The van der Waals surface area contributed by atoms with Crippen molar-refractivity contribution in [1.82, 2.24) is 9.97 Å². The molecule has 0 aliphatic carbocycles. The zero-order valence-electron chi connectivity index (χ0n) is 22.0. The van der Waals surface area contributed by atoms with Gasteiger partial charge in [-0.3, -0.25) is 18.7 Å². The standard InChI is InChI=1S/C16H28Cl2F3N6O12P3S2/c1-43-5-3-24-11-8(22)12(26-14(25-11)44-4-2-15(19,20)21)27(23)13-10(29)9(28)7(38-13)6-37-42(35,36)39-41(33,34)16(17,18)40(30,31)32/h7,9-10,13,28-29H,2-6,22-23H2,1H3,(H,33,34)(H,35,36)(H,24,25,26)(H2,30,31,32). The first-order valence-electron chi connectivity index (χ1n) is 11.5. The summed E-state index contributed by atoms with van der Waals surface area (Å²) in [6.07, 6.45) is -11.1. The number of hydrogen-bond acceptors (Lipinski definition) is 16. The van der Waals surface area contributed by atoms with E-state index in [0.717, 1.165) is 0 Å². The van der Waals surface area contributed by atoms with Crippen molar-refractivity contribution in [3.63, 3.8) is 0 Å². The largest absolute Gasteiger partial charge is 0.479 e. The average molecular weight is 781 g/mol. The van der Waals surface area contributed by atoms with Crippen molar-refractivity contribution in [2.75, 3.05) is 47.0 Å². The fourth-order valence-electron chi connectivity index (χ4n) is 3.13. The molecule has 2 rings (SSSR count). The van der Waals surface area contributed by atoms with Crippen LogP contribution in [0.2, 0.25) is 0 Å². The third kappa shape index (κ3) is 10.4. The maximum absolute atomic E-state index is 12.6. The van der Waals surface area contributed by atoms with E-state index >= 15 is 0 Å². The molecule has 1 aliphatic rings. The minimum atomic E-state index is -5.99. The van der Waals surface area contributed by atoms with E-state index in [1.807, 2.05) is 6.26 Å². The number of nitrogen functional groups attached to an aromatic ring is 1. The summed E-state index contributed by atoms with van der Waals surface area (Å²) < 4.78 is 83.5. The number of alkyl halides is 5. The quantitative estimate of drug-likeness (QED) is 0.0219. The van der Waals surface area contributed by atoms with Gasteiger partial charge in [0.2, 0.25) is 0 Å². The number of thioether (sulfide) groups is 2. The van der Waals surface area contributed by atoms with Crippen molar-refractivity contribution in [2.24, 2.45) is 5.84 Å². The summed E-state index contributed by atoms with van der Waals surface area (Å²) in [5.74, 6) is 5.82. The van der Waals surface area contributed by atoms with Gasteiger partial charge in [0, 0.05) is 18.1 Å². The number of anilines is 3. The molecular formula is C16H28Cl2F3N6O12P3S2. The van der Waals surface area contributed by atoms with Gasteiger partial charge in [0.15, 0.2) is 23.0 Å². The molecule has 1 aromatic heterocycles. The van der Waals surface area contributed by atoms with Crippen LogP contribution in [0.5, 0.6) is 0 Å². The minimum absolute atomic E-state index is 0.0151. The van der Waals surface area contributed by atoms with Crippen molar-refractivity contribution in [2.45, 2.75) is 46.1 Å². The number of hydrogen-bond donors (Lipinski definition) is 9. The summed E-state index contributed by atoms with van der Waals surface area (Å²) in [4.78, 5) is 45.8. The summed E-state index contributed by atoms with van der Waals surface area (Å²) in [7, 11) is -17.5. The topological polar surface area (TPSA) is 293 Å². The first-order valence-corrected chi connectivity index (χ1v) is 19.4. The summed E-state index contributed by atoms with van der Waals surface area (Å²) in [5.41, 5.74) is 5.89. The molecule has 0 radical (unpaired) electrons. The zero-order valence-corrected chi connectivity index (χ0v) is 27.9. The fraction of sp³-hybridized carbons (Fsp3) is 0.750. The molecule has 44 heavy (non-hydrogen) atoms. The molecular weight excluding hydrogens is 753 g/mol. The maximum Gasteiger partial charge on any atom is 0.479 e. The van der Waals surface area contributed by atoms with E-state index in [4.69, 9.17) is 49.3 Å². The van der Waals surface area contributed by atoms with E-state index in [-0.39, 0.29) is 22.5 Å². The second-order valence-corrected chi connectivity index (χ2v) is 18.7. The first kappa shape index (κ1) is 40.0. The van der Waals surface area contributed by atoms with E-state index < -0.39 is 76.3 Å². The van der Waals surface area contributed by atoms with Crippen LogP contribution >= 0.6 is 69.7 Å². The van der Waals surface area contributed by atoms with Gasteiger partial charge in [0.25, 0.3) is 0 Å². The van der Waals surface area contributed by atoms with Crippen LogP contribution in [0.3, 0.4) is 0 Å². The van der Waals surface area contributed by atoms with Crippen LogP contribution in [0.1, 0.15) is 6.42 Å². The molecule has 0 spiro atoms. The Morgan fingerprint density at radius 1 is 1.11 bits per heavy atom. The molecule has 2 heterocycles. The van der Waals surface area contributed by atoms with Gasteiger partial charge in [-0.05, 0) is 6.26 Å². The van der Waals surface area contributed by atoms with Gasteiger partial charge in [-0.15, -0.1) is 0 Å². The molecule has 28 heteroatoms. The van der Waals surface area contributed by atoms with Gasteiger partial charge in [0.05, 0.1) is 13.0 Å². The lowest BCUT2D eigenvalue weighted by molar-refractivity contribution is -0.129. The third-order valence-corrected chi connectivity index (χ3v) is 14.5. The number of nitrogens with two attached hydrogens (primary N) is 2. The molecule has 0 amide bonds. The first-order chi connectivity index (χ1) is 19.9. The van der Waals surface area contributed by atoms with Crippen LogP contribution in [-0.2, 0) is 27.3 Å². The number of hydrazine groups is 1. The molecule has 1 aromatic rings. The second kappa shape index (κ2) is 15.4. The number of aromatic nitrogens is 2. The second-order valence-electron chi connectivity index (χ2n) is 8.60. The van der Waals surface area contributed by atoms with Crippen molar-refractivity contribution in [3.05, 3.63) is 0 Å². The predicted octanol–water partition coefficient (Wildman–Crippen LogP) is 1.59. The van der Waals surface area contributed by atoms with Crippen LogP contribution in [0.15, 0.2) is 5.16 Å². The Morgan fingerprint density at radius 2 is 1.73 bits per heavy atom. The number of phosphoric acid groups is 1. The van der Waals surface area contributed by atoms with Gasteiger partial charge in [-0.2, -0.15) is 24.9 Å². The normalized spacial score (nSPS) is 24.1. The van der Waals surface area contributed by atoms with Crippen LogP contribution < -0.4 is 21.9 Å². The van der Waals surface area contributed by atoms with Crippen molar-refractivity contribution < 1.29 is 70.2 Å². The Bertz CT molecular complexity index is 1310. The van der Waals surface area contributed by atoms with E-state index in [1.54, 1.807) is 0 Å². The highest BCUT2D eigenvalue weighted by molar-refractivity contribution is 7.99. The van der Waals surface area contributed by atoms with E-state index in [2.05, 4.69) is 24.1 Å². The summed E-state index contributed by atoms with van der Waals surface area (Å²) in [6.45, 7) is -0.838. The highest BCUT2D eigenvalue weighted by Crippen LogP contribution is 2.79. The molecule has 6 unspecified atom stereocenters. The molecule has 11 N–H and O–H groups in total. The zero-order chi connectivity index (χ0) is 33.9. The summed E-state index contributed by atoms with van der Waals surface area (Å²) in [5, 5.41) is 24.3.